The molecule has 0 bridgehead atoms. The van der Waals surface area contributed by atoms with E-state index in [1.165, 1.54) is 11.8 Å². The lowest BCUT2D eigenvalue weighted by Gasteiger charge is -2.36. The normalized spacial score (nSPS) is 22.4. The predicted molar refractivity (Wildman–Crippen MR) is 70.2 cm³/mol. The number of carbonyl (C=O) groups is 2. The van der Waals surface area contributed by atoms with E-state index < -0.39 is 17.7 Å². The van der Waals surface area contributed by atoms with Crippen molar-refractivity contribution in [3.05, 3.63) is 35.9 Å². The van der Waals surface area contributed by atoms with Crippen LogP contribution in [0.25, 0.3) is 0 Å². The number of benzene rings is 1. The molecule has 0 saturated carbocycles. The van der Waals surface area contributed by atoms with Crippen molar-refractivity contribution >= 4 is 12.1 Å². The molecule has 1 fully saturated rings. The van der Waals surface area contributed by atoms with Gasteiger partial charge in [-0.05, 0) is 12.5 Å². The van der Waals surface area contributed by atoms with Crippen LogP contribution in [0, 0.1) is 0 Å². The van der Waals surface area contributed by atoms with Gasteiger partial charge < -0.3 is 19.5 Å². The number of carboxylic acids is 1. The molecule has 1 aromatic rings. The molecule has 1 aliphatic rings. The largest absolute Gasteiger partial charge is 0.479 e. The van der Waals surface area contributed by atoms with Crippen LogP contribution in [0.15, 0.2) is 30.3 Å². The second kappa shape index (κ2) is 5.92. The first-order valence-corrected chi connectivity index (χ1v) is 6.34. The summed E-state index contributed by atoms with van der Waals surface area (Å²) in [6, 6.07) is 9.31. The minimum Gasteiger partial charge on any atom is -0.479 e. The third kappa shape index (κ3) is 3.27. The van der Waals surface area contributed by atoms with E-state index in [9.17, 15) is 9.59 Å². The van der Waals surface area contributed by atoms with E-state index in [4.69, 9.17) is 14.6 Å². The number of hydrogen-bond donors (Lipinski definition) is 1. The van der Waals surface area contributed by atoms with Crippen molar-refractivity contribution in [2.45, 2.75) is 19.1 Å². The minimum absolute atomic E-state index is 0.0179. The Labute approximate surface area is 116 Å². The number of rotatable bonds is 3. The van der Waals surface area contributed by atoms with Gasteiger partial charge in [-0.3, -0.25) is 0 Å². The molecular weight excluding hydrogens is 262 g/mol. The van der Waals surface area contributed by atoms with Gasteiger partial charge in [-0.25, -0.2) is 9.59 Å². The summed E-state index contributed by atoms with van der Waals surface area (Å²) in [5.74, 6) is -1.09. The van der Waals surface area contributed by atoms with E-state index >= 15 is 0 Å². The van der Waals surface area contributed by atoms with E-state index in [0.717, 1.165) is 5.56 Å². The smallest absolute Gasteiger partial charge is 0.410 e. The van der Waals surface area contributed by atoms with Crippen molar-refractivity contribution in [1.82, 2.24) is 4.90 Å². The third-order valence-corrected chi connectivity index (χ3v) is 3.19. The average molecular weight is 279 g/mol. The van der Waals surface area contributed by atoms with Crippen molar-refractivity contribution in [3.63, 3.8) is 0 Å². The molecule has 0 aromatic heterocycles. The van der Waals surface area contributed by atoms with Gasteiger partial charge in [0.2, 0.25) is 0 Å². The summed E-state index contributed by atoms with van der Waals surface area (Å²) in [5.41, 5.74) is -0.487. The van der Waals surface area contributed by atoms with Gasteiger partial charge in [-0.1, -0.05) is 30.3 Å². The quantitative estimate of drug-likeness (QED) is 0.907. The van der Waals surface area contributed by atoms with Gasteiger partial charge in [0.15, 0.2) is 5.60 Å². The molecule has 6 heteroatoms. The Hall–Kier alpha value is -2.08. The van der Waals surface area contributed by atoms with Crippen LogP contribution in [0.5, 0.6) is 0 Å². The molecule has 1 amide bonds. The zero-order valence-electron chi connectivity index (χ0n) is 11.2. The molecule has 0 aliphatic carbocycles. The summed E-state index contributed by atoms with van der Waals surface area (Å²) in [5, 5.41) is 9.10. The monoisotopic (exact) mass is 279 g/mol. The van der Waals surface area contributed by atoms with Crippen LogP contribution in [0.3, 0.4) is 0 Å². The Bertz CT molecular complexity index is 490. The highest BCUT2D eigenvalue weighted by atomic mass is 16.6. The number of carbonyl (C=O) groups excluding carboxylic acids is 1. The molecule has 20 heavy (non-hydrogen) atoms. The summed E-state index contributed by atoms with van der Waals surface area (Å²) in [4.78, 5) is 24.4. The number of ether oxygens (including phenoxy) is 2. The fourth-order valence-corrected chi connectivity index (χ4v) is 1.97. The molecule has 1 saturated heterocycles. The molecule has 1 N–H and O–H groups in total. The maximum Gasteiger partial charge on any atom is 0.410 e. The molecule has 1 aromatic carbocycles. The molecule has 1 aliphatic heterocycles. The van der Waals surface area contributed by atoms with Crippen LogP contribution in [0.1, 0.15) is 12.5 Å². The zero-order valence-corrected chi connectivity index (χ0v) is 11.2. The Morgan fingerprint density at radius 2 is 2.10 bits per heavy atom. The lowest BCUT2D eigenvalue weighted by Crippen LogP contribution is -2.56. The first-order valence-electron chi connectivity index (χ1n) is 6.34. The summed E-state index contributed by atoms with van der Waals surface area (Å²) in [7, 11) is 0. The maximum atomic E-state index is 11.9. The fourth-order valence-electron chi connectivity index (χ4n) is 1.97. The lowest BCUT2D eigenvalue weighted by molar-refractivity contribution is -0.172. The SMILES string of the molecule is C[C@]1(C(=O)O)CN(C(=O)OCc2ccccc2)CCO1. The van der Waals surface area contributed by atoms with Crippen LogP contribution >= 0.6 is 0 Å². The van der Waals surface area contributed by atoms with Gasteiger partial charge in [0.1, 0.15) is 6.61 Å². The topological polar surface area (TPSA) is 76.1 Å². The van der Waals surface area contributed by atoms with Crippen molar-refractivity contribution in [1.29, 1.82) is 0 Å². The highest BCUT2D eigenvalue weighted by Gasteiger charge is 2.41. The summed E-state index contributed by atoms with van der Waals surface area (Å²) < 4.78 is 10.4. The number of carboxylic acid groups (broad SMARTS) is 1. The van der Waals surface area contributed by atoms with Gasteiger partial charge in [0.05, 0.1) is 13.2 Å². The van der Waals surface area contributed by atoms with Crippen molar-refractivity contribution in [2.24, 2.45) is 0 Å². The highest BCUT2D eigenvalue weighted by molar-refractivity contribution is 5.79. The van der Waals surface area contributed by atoms with E-state index in [0.29, 0.717) is 6.54 Å². The van der Waals surface area contributed by atoms with Gasteiger partial charge in [-0.15, -0.1) is 0 Å². The van der Waals surface area contributed by atoms with Gasteiger partial charge >= 0.3 is 12.1 Å². The molecule has 1 heterocycles. The van der Waals surface area contributed by atoms with Crippen molar-refractivity contribution in [3.8, 4) is 0 Å². The second-order valence-electron chi connectivity index (χ2n) is 4.85. The number of nitrogens with zero attached hydrogens (tertiary/aromatic N) is 1. The van der Waals surface area contributed by atoms with Crippen molar-refractivity contribution in [2.75, 3.05) is 19.7 Å². The predicted octanol–water partition coefficient (Wildman–Crippen LogP) is 1.50. The minimum atomic E-state index is -1.37. The molecule has 0 radical (unpaired) electrons. The maximum absolute atomic E-state index is 11.9. The van der Waals surface area contributed by atoms with Crippen LogP contribution in [-0.2, 0) is 20.9 Å². The Morgan fingerprint density at radius 1 is 1.40 bits per heavy atom. The van der Waals surface area contributed by atoms with Gasteiger partial charge in [0.25, 0.3) is 0 Å². The molecule has 1 atom stereocenters. The molecule has 0 unspecified atom stereocenters. The fraction of sp³-hybridized carbons (Fsp3) is 0.429. The highest BCUT2D eigenvalue weighted by Crippen LogP contribution is 2.18. The lowest BCUT2D eigenvalue weighted by atomic mass is 10.1. The first kappa shape index (κ1) is 14.3. The standard InChI is InChI=1S/C14H17NO5/c1-14(12(16)17)10-15(7-8-20-14)13(18)19-9-11-5-3-2-4-6-11/h2-6H,7-10H2,1H3,(H,16,17)/t14-/m1/s1. The van der Waals surface area contributed by atoms with Crippen LogP contribution in [0.4, 0.5) is 4.79 Å². The summed E-state index contributed by atoms with van der Waals surface area (Å²) in [6.07, 6.45) is -0.523. The molecular formula is C14H17NO5. The number of morpholine rings is 1. The van der Waals surface area contributed by atoms with Gasteiger partial charge in [0, 0.05) is 6.54 Å². The van der Waals surface area contributed by atoms with E-state index in [1.807, 2.05) is 30.3 Å². The van der Waals surface area contributed by atoms with Crippen LogP contribution in [0.2, 0.25) is 0 Å². The van der Waals surface area contributed by atoms with Crippen LogP contribution < -0.4 is 0 Å². The Morgan fingerprint density at radius 3 is 2.75 bits per heavy atom. The number of amides is 1. The summed E-state index contributed by atoms with van der Waals surface area (Å²) in [6.45, 7) is 2.11. The number of aliphatic carboxylic acids is 1. The van der Waals surface area contributed by atoms with Crippen LogP contribution in [-0.4, -0.2) is 47.4 Å². The summed E-state index contributed by atoms with van der Waals surface area (Å²) >= 11 is 0. The Balaban J connectivity index is 1.91. The molecule has 108 valence electrons. The first-order chi connectivity index (χ1) is 9.51. The number of hydrogen-bond acceptors (Lipinski definition) is 4. The average Bonchev–Trinajstić information content (AvgIpc) is 2.46. The van der Waals surface area contributed by atoms with Gasteiger partial charge in [-0.2, -0.15) is 0 Å². The van der Waals surface area contributed by atoms with E-state index in [-0.39, 0.29) is 19.8 Å². The third-order valence-electron chi connectivity index (χ3n) is 3.19. The molecule has 6 nitrogen and oxygen atoms in total. The molecule has 0 spiro atoms. The van der Waals surface area contributed by atoms with E-state index in [2.05, 4.69) is 0 Å². The van der Waals surface area contributed by atoms with Crippen molar-refractivity contribution < 1.29 is 24.2 Å². The zero-order chi connectivity index (χ0) is 14.6. The second-order valence-corrected chi connectivity index (χ2v) is 4.85. The Kier molecular flexibility index (Phi) is 4.24. The van der Waals surface area contributed by atoms with E-state index in [1.54, 1.807) is 0 Å². The molecule has 2 rings (SSSR count).